The van der Waals surface area contributed by atoms with E-state index in [1.165, 1.54) is 11.2 Å². The van der Waals surface area contributed by atoms with E-state index >= 15 is 0 Å². The van der Waals surface area contributed by atoms with Crippen molar-refractivity contribution in [3.63, 3.8) is 0 Å². The van der Waals surface area contributed by atoms with Crippen LogP contribution in [0.1, 0.15) is 35.2 Å². The summed E-state index contributed by atoms with van der Waals surface area (Å²) in [5, 5.41) is 10.4. The summed E-state index contributed by atoms with van der Waals surface area (Å²) < 4.78 is 1.77. The van der Waals surface area contributed by atoms with Gasteiger partial charge in [-0.3, -0.25) is 4.79 Å². The van der Waals surface area contributed by atoms with Gasteiger partial charge in [-0.05, 0) is 35.6 Å². The predicted octanol–water partition coefficient (Wildman–Crippen LogP) is 4.41. The number of ketones is 1. The minimum absolute atomic E-state index is 0.156. The molecule has 2 aromatic heterocycles. The van der Waals surface area contributed by atoms with E-state index < -0.39 is 0 Å². The molecule has 1 aliphatic heterocycles. The Hall–Kier alpha value is -2.44. The van der Waals surface area contributed by atoms with Gasteiger partial charge in [0.2, 0.25) is 5.95 Å². The van der Waals surface area contributed by atoms with E-state index in [4.69, 9.17) is 11.6 Å². The lowest BCUT2D eigenvalue weighted by molar-refractivity contribution is -0.116. The maximum absolute atomic E-state index is 13.1. The molecule has 0 saturated heterocycles. The van der Waals surface area contributed by atoms with Gasteiger partial charge in [0.25, 0.3) is 0 Å². The van der Waals surface area contributed by atoms with E-state index in [1.807, 2.05) is 30.3 Å². The summed E-state index contributed by atoms with van der Waals surface area (Å²) >= 11 is 7.91. The first-order valence-corrected chi connectivity index (χ1v) is 9.68. The Morgan fingerprint density at radius 2 is 2.15 bits per heavy atom. The third-order valence-corrected chi connectivity index (χ3v) is 6.24. The molecule has 0 saturated carbocycles. The number of hydrogen-bond acceptors (Lipinski definition) is 5. The van der Waals surface area contributed by atoms with Gasteiger partial charge in [-0.25, -0.2) is 4.68 Å². The number of rotatable bonds is 2. The van der Waals surface area contributed by atoms with Crippen LogP contribution in [-0.2, 0) is 4.79 Å². The number of fused-ring (bicyclic) bond motifs is 1. The second kappa shape index (κ2) is 6.07. The quantitative estimate of drug-likeness (QED) is 0.713. The Bertz CT molecular complexity index is 1020. The molecule has 3 aromatic rings. The Morgan fingerprint density at radius 3 is 2.96 bits per heavy atom. The molecule has 1 aromatic carbocycles. The average molecular weight is 383 g/mol. The van der Waals surface area contributed by atoms with Crippen molar-refractivity contribution >= 4 is 34.7 Å². The zero-order valence-corrected chi connectivity index (χ0v) is 15.3. The van der Waals surface area contributed by atoms with Crippen molar-refractivity contribution in [3.8, 4) is 0 Å². The summed E-state index contributed by atoms with van der Waals surface area (Å²) in [5.41, 5.74) is 2.67. The van der Waals surface area contributed by atoms with Gasteiger partial charge in [-0.15, -0.1) is 11.3 Å². The van der Waals surface area contributed by atoms with Crippen LogP contribution < -0.4 is 5.32 Å². The fraction of sp³-hybridized carbons (Fsp3) is 0.211. The van der Waals surface area contributed by atoms with Crippen LogP contribution in [0, 0.1) is 0 Å². The first kappa shape index (κ1) is 15.8. The molecular weight excluding hydrogens is 368 g/mol. The summed E-state index contributed by atoms with van der Waals surface area (Å²) in [6.07, 6.45) is 2.83. The van der Waals surface area contributed by atoms with Crippen LogP contribution in [0.2, 0.25) is 5.02 Å². The van der Waals surface area contributed by atoms with Crippen LogP contribution in [0.5, 0.6) is 0 Å². The van der Waals surface area contributed by atoms with Crippen LogP contribution in [0.25, 0.3) is 0 Å². The topological polar surface area (TPSA) is 59.8 Å². The van der Waals surface area contributed by atoms with Crippen molar-refractivity contribution in [1.82, 2.24) is 14.8 Å². The monoisotopic (exact) mass is 382 g/mol. The molecule has 3 heterocycles. The summed E-state index contributed by atoms with van der Waals surface area (Å²) in [7, 11) is 0. The first-order chi connectivity index (χ1) is 12.7. The fourth-order valence-electron chi connectivity index (χ4n) is 3.86. The molecule has 26 heavy (non-hydrogen) atoms. The number of aromatic nitrogens is 3. The number of Topliss-reactive ketones (excluding diaryl/α,β-unsaturated/α-hetero) is 1. The summed E-state index contributed by atoms with van der Waals surface area (Å²) in [6, 6.07) is 11.5. The largest absolute Gasteiger partial charge is 0.328 e. The number of allylic oxidation sites excluding steroid dienone is 2. The second-order valence-corrected chi connectivity index (χ2v) is 7.96. The van der Waals surface area contributed by atoms with Crippen LogP contribution in [-0.4, -0.2) is 20.5 Å². The van der Waals surface area contributed by atoms with Crippen molar-refractivity contribution in [1.29, 1.82) is 0 Å². The average Bonchev–Trinajstić information content (AvgIpc) is 3.31. The molecule has 0 radical (unpaired) electrons. The molecule has 2 aliphatic rings. The minimum atomic E-state index is -0.292. The van der Waals surface area contributed by atoms with Crippen LogP contribution in [0.3, 0.4) is 0 Å². The van der Waals surface area contributed by atoms with Gasteiger partial charge in [-0.2, -0.15) is 10.1 Å². The third kappa shape index (κ3) is 2.48. The normalized spacial score (nSPS) is 22.0. The van der Waals surface area contributed by atoms with Gasteiger partial charge in [-0.1, -0.05) is 29.8 Å². The molecule has 7 heteroatoms. The van der Waals surface area contributed by atoms with Gasteiger partial charge in [0.05, 0.1) is 0 Å². The summed E-state index contributed by atoms with van der Waals surface area (Å²) in [6.45, 7) is 0. The highest BCUT2D eigenvalue weighted by atomic mass is 35.5. The Morgan fingerprint density at radius 1 is 1.23 bits per heavy atom. The summed E-state index contributed by atoms with van der Waals surface area (Å²) in [5.74, 6) is 1.03. The molecule has 5 rings (SSSR count). The Labute approximate surface area is 159 Å². The first-order valence-electron chi connectivity index (χ1n) is 8.42. The number of hydrogen-bond donors (Lipinski definition) is 1. The highest BCUT2D eigenvalue weighted by molar-refractivity contribution is 7.10. The fourth-order valence-corrected chi connectivity index (χ4v) is 4.89. The minimum Gasteiger partial charge on any atom is -0.328 e. The van der Waals surface area contributed by atoms with Gasteiger partial charge >= 0.3 is 0 Å². The number of halogens is 1. The van der Waals surface area contributed by atoms with Crippen LogP contribution >= 0.6 is 22.9 Å². The zero-order chi connectivity index (χ0) is 17.7. The molecule has 0 amide bonds. The number of nitrogens with one attached hydrogen (secondary N) is 1. The number of thiophene rings is 1. The van der Waals surface area contributed by atoms with Crippen molar-refractivity contribution in [2.24, 2.45) is 0 Å². The lowest BCUT2D eigenvalue weighted by Crippen LogP contribution is -2.33. The molecule has 5 nitrogen and oxygen atoms in total. The van der Waals surface area contributed by atoms with E-state index in [9.17, 15) is 4.79 Å². The SMILES string of the molecule is O=C1CC(c2cccs2)CC2=C1C(c1cccc(Cl)c1)n1ncnc1N2. The smallest absolute Gasteiger partial charge is 0.226 e. The van der Waals surface area contributed by atoms with E-state index in [0.717, 1.165) is 23.3 Å². The van der Waals surface area contributed by atoms with Gasteiger partial charge in [0, 0.05) is 33.5 Å². The predicted molar refractivity (Wildman–Crippen MR) is 102 cm³/mol. The number of carbonyl (C=O) groups excluding carboxylic acids is 1. The standard InChI is InChI=1S/C19H15ClN4OS/c20-13-4-1-3-11(7-13)18-17-14(23-19-21-10-22-24(18)19)8-12(9-15(17)25)16-5-2-6-26-16/h1-7,10,12,18H,8-9H2,(H,21,22,23). The lowest BCUT2D eigenvalue weighted by Gasteiger charge is -2.34. The maximum Gasteiger partial charge on any atom is 0.226 e. The van der Waals surface area contributed by atoms with E-state index in [2.05, 4.69) is 26.8 Å². The van der Waals surface area contributed by atoms with Crippen LogP contribution in [0.15, 0.2) is 59.4 Å². The highest BCUT2D eigenvalue weighted by Gasteiger charge is 2.39. The van der Waals surface area contributed by atoms with E-state index in [1.54, 1.807) is 16.0 Å². The molecule has 2 atom stereocenters. The molecular formula is C19H15ClN4OS. The van der Waals surface area contributed by atoms with Gasteiger partial charge < -0.3 is 5.32 Å². The van der Waals surface area contributed by atoms with Crippen LogP contribution in [0.4, 0.5) is 5.95 Å². The highest BCUT2D eigenvalue weighted by Crippen LogP contribution is 2.44. The molecule has 0 bridgehead atoms. The van der Waals surface area contributed by atoms with Crippen molar-refractivity contribution in [3.05, 3.63) is 74.8 Å². The van der Waals surface area contributed by atoms with Gasteiger partial charge in [0.1, 0.15) is 12.4 Å². The molecule has 2 unspecified atom stereocenters. The van der Waals surface area contributed by atoms with Gasteiger partial charge in [0.15, 0.2) is 5.78 Å². The van der Waals surface area contributed by atoms with Crippen molar-refractivity contribution in [2.45, 2.75) is 24.8 Å². The maximum atomic E-state index is 13.1. The molecule has 1 aliphatic carbocycles. The number of carbonyl (C=O) groups is 1. The number of benzene rings is 1. The number of nitrogens with zero attached hydrogens (tertiary/aromatic N) is 3. The molecule has 1 N–H and O–H groups in total. The third-order valence-electron chi connectivity index (χ3n) is 4.97. The Kier molecular flexibility index (Phi) is 3.69. The van der Waals surface area contributed by atoms with E-state index in [0.29, 0.717) is 17.4 Å². The second-order valence-electron chi connectivity index (χ2n) is 6.55. The lowest BCUT2D eigenvalue weighted by atomic mass is 9.80. The van der Waals surface area contributed by atoms with Crippen molar-refractivity contribution < 1.29 is 4.79 Å². The Balaban J connectivity index is 1.63. The summed E-state index contributed by atoms with van der Waals surface area (Å²) in [4.78, 5) is 18.7. The molecule has 0 spiro atoms. The molecule has 130 valence electrons. The zero-order valence-electron chi connectivity index (χ0n) is 13.7. The van der Waals surface area contributed by atoms with Crippen molar-refractivity contribution in [2.75, 3.05) is 5.32 Å². The molecule has 0 fully saturated rings. The number of anilines is 1. The van der Waals surface area contributed by atoms with E-state index in [-0.39, 0.29) is 17.7 Å².